The summed E-state index contributed by atoms with van der Waals surface area (Å²) in [4.78, 5) is 15.7. The molecular formula is C13H18F3N3O. The van der Waals surface area contributed by atoms with Crippen molar-refractivity contribution in [2.45, 2.75) is 32.4 Å². The second kappa shape index (κ2) is 7.72. The lowest BCUT2D eigenvalue weighted by Crippen LogP contribution is -2.24. The predicted octanol–water partition coefficient (Wildman–Crippen LogP) is 2.98. The highest BCUT2D eigenvalue weighted by atomic mass is 19.4. The third-order valence-corrected chi connectivity index (χ3v) is 2.56. The molecule has 0 aliphatic carbocycles. The van der Waals surface area contributed by atoms with Crippen LogP contribution in [0.15, 0.2) is 18.3 Å². The third kappa shape index (κ3) is 6.40. The number of hydrogen-bond acceptors (Lipinski definition) is 3. The van der Waals surface area contributed by atoms with Gasteiger partial charge in [-0.1, -0.05) is 0 Å². The molecule has 1 heterocycles. The van der Waals surface area contributed by atoms with Crippen molar-refractivity contribution in [3.05, 3.63) is 23.9 Å². The van der Waals surface area contributed by atoms with Gasteiger partial charge in [0.25, 0.3) is 5.91 Å². The summed E-state index contributed by atoms with van der Waals surface area (Å²) in [5.74, 6) is 0.349. The van der Waals surface area contributed by atoms with Gasteiger partial charge in [-0.15, -0.1) is 0 Å². The molecule has 20 heavy (non-hydrogen) atoms. The lowest BCUT2D eigenvalue weighted by Gasteiger charge is -2.07. The van der Waals surface area contributed by atoms with Gasteiger partial charge in [0.15, 0.2) is 0 Å². The van der Waals surface area contributed by atoms with Crippen LogP contribution in [0.1, 0.15) is 36.5 Å². The molecule has 0 aliphatic rings. The molecule has 0 fully saturated rings. The Morgan fingerprint density at radius 3 is 2.60 bits per heavy atom. The molecule has 1 aromatic heterocycles. The summed E-state index contributed by atoms with van der Waals surface area (Å²) in [5, 5.41) is 5.57. The Morgan fingerprint density at radius 2 is 2.05 bits per heavy atom. The molecule has 0 unspecified atom stereocenters. The number of pyridine rings is 1. The maximum absolute atomic E-state index is 11.9. The quantitative estimate of drug-likeness (QED) is 0.759. The smallest absolute Gasteiger partial charge is 0.370 e. The van der Waals surface area contributed by atoms with E-state index in [0.29, 0.717) is 17.8 Å². The van der Waals surface area contributed by atoms with Crippen molar-refractivity contribution < 1.29 is 18.0 Å². The second-order valence-electron chi connectivity index (χ2n) is 4.29. The molecule has 0 atom stereocenters. The number of halogens is 3. The Labute approximate surface area is 115 Å². The van der Waals surface area contributed by atoms with Crippen molar-refractivity contribution in [3.63, 3.8) is 0 Å². The highest BCUT2D eigenvalue weighted by molar-refractivity contribution is 5.93. The van der Waals surface area contributed by atoms with Crippen LogP contribution in [-0.4, -0.2) is 30.2 Å². The van der Waals surface area contributed by atoms with E-state index in [4.69, 9.17) is 0 Å². The largest absolute Gasteiger partial charge is 0.389 e. The molecule has 0 radical (unpaired) electrons. The highest BCUT2D eigenvalue weighted by Gasteiger charge is 2.25. The number of amides is 1. The van der Waals surface area contributed by atoms with Crippen molar-refractivity contribution in [3.8, 4) is 0 Å². The van der Waals surface area contributed by atoms with Gasteiger partial charge in [-0.3, -0.25) is 4.79 Å². The zero-order valence-electron chi connectivity index (χ0n) is 11.3. The fourth-order valence-corrected chi connectivity index (χ4v) is 1.57. The number of nitrogens with one attached hydrogen (secondary N) is 2. The zero-order valence-corrected chi connectivity index (χ0v) is 11.3. The van der Waals surface area contributed by atoms with Crippen molar-refractivity contribution in [2.75, 3.05) is 18.4 Å². The zero-order chi connectivity index (χ0) is 15.0. The Balaban J connectivity index is 2.28. The lowest BCUT2D eigenvalue weighted by molar-refractivity contribution is -0.135. The van der Waals surface area contributed by atoms with E-state index < -0.39 is 12.6 Å². The third-order valence-electron chi connectivity index (χ3n) is 2.56. The Morgan fingerprint density at radius 1 is 1.30 bits per heavy atom. The molecule has 0 spiro atoms. The van der Waals surface area contributed by atoms with E-state index in [9.17, 15) is 18.0 Å². The highest BCUT2D eigenvalue weighted by Crippen LogP contribution is 2.21. The molecule has 0 aliphatic heterocycles. The lowest BCUT2D eigenvalue weighted by atomic mass is 10.2. The SMILES string of the molecule is CCNc1ccc(C(=O)NCCCCC(F)(F)F)cn1. The molecule has 1 aromatic rings. The molecule has 0 saturated heterocycles. The number of anilines is 1. The first kappa shape index (κ1) is 16.3. The normalized spacial score (nSPS) is 11.2. The van der Waals surface area contributed by atoms with E-state index >= 15 is 0 Å². The summed E-state index contributed by atoms with van der Waals surface area (Å²) >= 11 is 0. The second-order valence-corrected chi connectivity index (χ2v) is 4.29. The van der Waals surface area contributed by atoms with Gasteiger partial charge in [-0.25, -0.2) is 4.98 Å². The maximum atomic E-state index is 11.9. The molecule has 7 heteroatoms. The first-order valence-corrected chi connectivity index (χ1v) is 6.47. The minimum atomic E-state index is -4.13. The fraction of sp³-hybridized carbons (Fsp3) is 0.538. The van der Waals surface area contributed by atoms with Crippen LogP contribution in [-0.2, 0) is 0 Å². The van der Waals surface area contributed by atoms with Gasteiger partial charge in [0.05, 0.1) is 5.56 Å². The number of carbonyl (C=O) groups is 1. The molecule has 4 nitrogen and oxygen atoms in total. The Bertz CT molecular complexity index is 418. The van der Waals surface area contributed by atoms with E-state index in [1.807, 2.05) is 6.92 Å². The molecule has 1 amide bonds. The summed E-state index contributed by atoms with van der Waals surface area (Å²) in [5.41, 5.74) is 0.391. The number of rotatable bonds is 7. The summed E-state index contributed by atoms with van der Waals surface area (Å²) in [6, 6.07) is 3.30. The molecule has 2 N–H and O–H groups in total. The number of aromatic nitrogens is 1. The minimum Gasteiger partial charge on any atom is -0.370 e. The van der Waals surface area contributed by atoms with E-state index in [-0.39, 0.29) is 18.9 Å². The van der Waals surface area contributed by atoms with Crippen LogP contribution in [0.2, 0.25) is 0 Å². The van der Waals surface area contributed by atoms with Gasteiger partial charge in [0.1, 0.15) is 5.82 Å². The predicted molar refractivity (Wildman–Crippen MR) is 70.6 cm³/mol. The minimum absolute atomic E-state index is 0.0153. The van der Waals surface area contributed by atoms with Gasteiger partial charge in [-0.2, -0.15) is 13.2 Å². The van der Waals surface area contributed by atoms with Crippen LogP contribution in [0, 0.1) is 0 Å². The number of nitrogens with zero attached hydrogens (tertiary/aromatic N) is 1. The molecule has 0 saturated carbocycles. The van der Waals surface area contributed by atoms with Crippen LogP contribution in [0.25, 0.3) is 0 Å². The maximum Gasteiger partial charge on any atom is 0.389 e. The van der Waals surface area contributed by atoms with Crippen LogP contribution in [0.3, 0.4) is 0 Å². The van der Waals surface area contributed by atoms with Crippen LogP contribution in [0.5, 0.6) is 0 Å². The van der Waals surface area contributed by atoms with Gasteiger partial charge in [0.2, 0.25) is 0 Å². The molecule has 0 aromatic carbocycles. The molecule has 0 bridgehead atoms. The van der Waals surface area contributed by atoms with E-state index in [2.05, 4.69) is 15.6 Å². The van der Waals surface area contributed by atoms with Gasteiger partial charge >= 0.3 is 6.18 Å². The van der Waals surface area contributed by atoms with Gasteiger partial charge < -0.3 is 10.6 Å². The van der Waals surface area contributed by atoms with E-state index in [1.54, 1.807) is 12.1 Å². The van der Waals surface area contributed by atoms with E-state index in [0.717, 1.165) is 6.54 Å². The Kier molecular flexibility index (Phi) is 6.27. The topological polar surface area (TPSA) is 54.0 Å². The van der Waals surface area contributed by atoms with E-state index in [1.165, 1.54) is 6.20 Å². The summed E-state index contributed by atoms with van der Waals surface area (Å²) in [6.07, 6.45) is -3.20. The number of alkyl halides is 3. The van der Waals surface area contributed by atoms with Crippen molar-refractivity contribution in [1.82, 2.24) is 10.3 Å². The average Bonchev–Trinajstić information content (AvgIpc) is 2.38. The molecular weight excluding hydrogens is 271 g/mol. The van der Waals surface area contributed by atoms with Crippen molar-refractivity contribution in [2.24, 2.45) is 0 Å². The van der Waals surface area contributed by atoms with Crippen molar-refractivity contribution >= 4 is 11.7 Å². The summed E-state index contributed by atoms with van der Waals surface area (Å²) in [7, 11) is 0. The summed E-state index contributed by atoms with van der Waals surface area (Å²) in [6.45, 7) is 2.89. The number of hydrogen-bond donors (Lipinski definition) is 2. The van der Waals surface area contributed by atoms with Gasteiger partial charge in [0, 0.05) is 25.7 Å². The van der Waals surface area contributed by atoms with Gasteiger partial charge in [-0.05, 0) is 31.9 Å². The number of unbranched alkanes of at least 4 members (excludes halogenated alkanes) is 1. The van der Waals surface area contributed by atoms with Crippen molar-refractivity contribution in [1.29, 1.82) is 0 Å². The Hall–Kier alpha value is -1.79. The van der Waals surface area contributed by atoms with Crippen LogP contribution in [0.4, 0.5) is 19.0 Å². The number of carbonyl (C=O) groups excluding carboxylic acids is 1. The van der Waals surface area contributed by atoms with Crippen LogP contribution < -0.4 is 10.6 Å². The molecule has 112 valence electrons. The first-order valence-electron chi connectivity index (χ1n) is 6.47. The monoisotopic (exact) mass is 289 g/mol. The molecule has 1 rings (SSSR count). The van der Waals surface area contributed by atoms with Crippen LogP contribution >= 0.6 is 0 Å². The first-order chi connectivity index (χ1) is 9.42. The fourth-order valence-electron chi connectivity index (χ4n) is 1.57. The average molecular weight is 289 g/mol. The standard InChI is InChI=1S/C13H18F3N3O/c1-2-17-11-6-5-10(9-19-11)12(20)18-8-4-3-7-13(14,15)16/h5-6,9H,2-4,7-8H2,1H3,(H,17,19)(H,18,20). The summed E-state index contributed by atoms with van der Waals surface area (Å²) < 4.78 is 35.7.